The van der Waals surface area contributed by atoms with Crippen LogP contribution in [0.4, 0.5) is 10.1 Å². The molecule has 27 heavy (non-hydrogen) atoms. The predicted molar refractivity (Wildman–Crippen MR) is 103 cm³/mol. The van der Waals surface area contributed by atoms with Crippen LogP contribution in [0.3, 0.4) is 0 Å². The molecule has 4 rings (SSSR count). The summed E-state index contributed by atoms with van der Waals surface area (Å²) in [7, 11) is 0. The van der Waals surface area contributed by atoms with Gasteiger partial charge in [-0.05, 0) is 42.3 Å². The maximum absolute atomic E-state index is 13.2. The van der Waals surface area contributed by atoms with Crippen LogP contribution in [0.2, 0.25) is 0 Å². The van der Waals surface area contributed by atoms with E-state index in [9.17, 15) is 9.18 Å². The second kappa shape index (κ2) is 7.44. The van der Waals surface area contributed by atoms with E-state index in [1.54, 1.807) is 12.1 Å². The van der Waals surface area contributed by atoms with E-state index in [0.717, 1.165) is 33.7 Å². The number of nitrogens with one attached hydrogen (secondary N) is 1. The number of pyridine rings is 1. The average molecular weight is 384 g/mol. The van der Waals surface area contributed by atoms with Gasteiger partial charge in [-0.2, -0.15) is 0 Å². The van der Waals surface area contributed by atoms with E-state index in [1.807, 2.05) is 19.1 Å². The molecule has 0 saturated carbocycles. The molecule has 7 heteroatoms. The molecule has 1 amide bonds. The minimum Gasteiger partial charge on any atom is -0.454 e. The Kier molecular flexibility index (Phi) is 4.85. The molecule has 1 aliphatic heterocycles. The molecule has 0 spiro atoms. The van der Waals surface area contributed by atoms with Crippen molar-refractivity contribution in [3.63, 3.8) is 0 Å². The van der Waals surface area contributed by atoms with Gasteiger partial charge in [-0.25, -0.2) is 9.37 Å². The molecule has 1 aliphatic rings. The molecular formula is C20H17FN2O3S. The van der Waals surface area contributed by atoms with Crippen LogP contribution < -0.4 is 14.8 Å². The molecule has 0 radical (unpaired) electrons. The van der Waals surface area contributed by atoms with Gasteiger partial charge in [0.15, 0.2) is 11.5 Å². The van der Waals surface area contributed by atoms with Gasteiger partial charge in [0.2, 0.25) is 12.7 Å². The van der Waals surface area contributed by atoms with Gasteiger partial charge in [0, 0.05) is 17.1 Å². The molecule has 1 N–H and O–H groups in total. The van der Waals surface area contributed by atoms with E-state index < -0.39 is 0 Å². The predicted octanol–water partition coefficient (Wildman–Crippen LogP) is 4.40. The number of rotatable bonds is 5. The summed E-state index contributed by atoms with van der Waals surface area (Å²) in [4.78, 5) is 16.9. The third kappa shape index (κ3) is 3.83. The van der Waals surface area contributed by atoms with Gasteiger partial charge in [0.25, 0.3) is 0 Å². The molecular weight excluding hydrogens is 367 g/mol. The van der Waals surface area contributed by atoms with Gasteiger partial charge in [-0.15, -0.1) is 0 Å². The number of nitrogens with zero attached hydrogens (tertiary/aromatic N) is 1. The quantitative estimate of drug-likeness (QED) is 0.661. The number of amides is 1. The zero-order valence-corrected chi connectivity index (χ0v) is 15.4. The van der Waals surface area contributed by atoms with Crippen molar-refractivity contribution in [1.82, 2.24) is 4.98 Å². The maximum atomic E-state index is 13.2. The Balaban J connectivity index is 1.52. The number of thioether (sulfide) groups is 1. The minimum atomic E-state index is -0.386. The van der Waals surface area contributed by atoms with E-state index >= 15 is 0 Å². The van der Waals surface area contributed by atoms with Gasteiger partial charge in [0.05, 0.1) is 11.3 Å². The van der Waals surface area contributed by atoms with Crippen molar-refractivity contribution in [3.8, 4) is 11.5 Å². The lowest BCUT2D eigenvalue weighted by Gasteiger charge is -2.10. The highest BCUT2D eigenvalue weighted by atomic mass is 32.2. The summed E-state index contributed by atoms with van der Waals surface area (Å²) in [5, 5.41) is 4.48. The lowest BCUT2D eigenvalue weighted by Crippen LogP contribution is -2.14. The molecule has 1 aromatic heterocycles. The Morgan fingerprint density at radius 1 is 1.22 bits per heavy atom. The molecule has 138 valence electrons. The van der Waals surface area contributed by atoms with Crippen molar-refractivity contribution >= 4 is 34.3 Å². The first-order valence-corrected chi connectivity index (χ1v) is 9.52. The lowest BCUT2D eigenvalue weighted by molar-refractivity contribution is -0.113. The minimum absolute atomic E-state index is 0.187. The van der Waals surface area contributed by atoms with Crippen LogP contribution in [0.25, 0.3) is 10.9 Å². The molecule has 0 saturated heterocycles. The molecule has 3 aromatic rings. The van der Waals surface area contributed by atoms with Gasteiger partial charge in [-0.3, -0.25) is 4.79 Å². The number of carbonyl (C=O) groups excluding carboxylic acids is 1. The summed E-state index contributed by atoms with van der Waals surface area (Å²) < 4.78 is 24.1. The first-order valence-electron chi connectivity index (χ1n) is 8.54. The molecule has 0 fully saturated rings. The highest BCUT2D eigenvalue weighted by Gasteiger charge is 2.17. The van der Waals surface area contributed by atoms with Crippen molar-refractivity contribution < 1.29 is 18.7 Å². The van der Waals surface area contributed by atoms with E-state index in [-0.39, 0.29) is 24.3 Å². The highest BCUT2D eigenvalue weighted by Crippen LogP contribution is 2.37. The smallest absolute Gasteiger partial charge is 0.234 e. The summed E-state index contributed by atoms with van der Waals surface area (Å²) in [5.41, 5.74) is 2.30. The summed E-state index contributed by atoms with van der Waals surface area (Å²) in [6.45, 7) is 2.26. The molecule has 5 nitrogen and oxygen atoms in total. The number of carbonyl (C=O) groups is 1. The Hall–Kier alpha value is -2.80. The van der Waals surface area contributed by atoms with E-state index in [0.29, 0.717) is 11.4 Å². The van der Waals surface area contributed by atoms with E-state index in [4.69, 9.17) is 14.5 Å². The van der Waals surface area contributed by atoms with Crippen LogP contribution in [-0.2, 0) is 11.2 Å². The Bertz CT molecular complexity index is 1030. The van der Waals surface area contributed by atoms with Crippen LogP contribution >= 0.6 is 11.8 Å². The lowest BCUT2D eigenvalue weighted by atomic mass is 10.1. The standard InChI is InChI=1S/C20H17FN2O3S/c1-2-12-6-13-7-17-18(26-11-25-17)9-16(13)23-20(12)27-10-19(24)22-15-5-3-4-14(21)8-15/h3-9H,2,10-11H2,1H3,(H,22,24). The maximum Gasteiger partial charge on any atom is 0.234 e. The van der Waals surface area contributed by atoms with Gasteiger partial charge < -0.3 is 14.8 Å². The fraction of sp³-hybridized carbons (Fsp3) is 0.200. The Morgan fingerprint density at radius 2 is 2.04 bits per heavy atom. The second-order valence-electron chi connectivity index (χ2n) is 6.05. The number of benzene rings is 2. The monoisotopic (exact) mass is 384 g/mol. The van der Waals surface area contributed by atoms with E-state index in [1.165, 1.54) is 23.9 Å². The van der Waals surface area contributed by atoms with Crippen molar-refractivity contribution in [1.29, 1.82) is 0 Å². The third-order valence-corrected chi connectivity index (χ3v) is 5.21. The summed E-state index contributed by atoms with van der Waals surface area (Å²) >= 11 is 1.36. The van der Waals surface area contributed by atoms with Crippen molar-refractivity contribution in [2.75, 3.05) is 17.9 Å². The zero-order chi connectivity index (χ0) is 18.8. The molecule has 0 unspecified atom stereocenters. The topological polar surface area (TPSA) is 60.5 Å². The van der Waals surface area contributed by atoms with Crippen LogP contribution in [0.15, 0.2) is 47.5 Å². The highest BCUT2D eigenvalue weighted by molar-refractivity contribution is 8.00. The normalized spacial score (nSPS) is 12.4. The zero-order valence-electron chi connectivity index (χ0n) is 14.6. The van der Waals surface area contributed by atoms with Gasteiger partial charge >= 0.3 is 0 Å². The fourth-order valence-electron chi connectivity index (χ4n) is 2.87. The second-order valence-corrected chi connectivity index (χ2v) is 7.02. The summed E-state index contributed by atoms with van der Waals surface area (Å²) in [6.07, 6.45) is 0.797. The number of fused-ring (bicyclic) bond motifs is 2. The third-order valence-electron chi connectivity index (χ3n) is 4.18. The summed E-state index contributed by atoms with van der Waals surface area (Å²) in [5.74, 6) is 0.996. The first kappa shape index (κ1) is 17.6. The Morgan fingerprint density at radius 3 is 2.81 bits per heavy atom. The molecule has 0 atom stereocenters. The largest absolute Gasteiger partial charge is 0.454 e. The number of halogens is 1. The van der Waals surface area contributed by atoms with E-state index in [2.05, 4.69) is 11.4 Å². The van der Waals surface area contributed by atoms with Crippen molar-refractivity contribution in [2.45, 2.75) is 18.4 Å². The van der Waals surface area contributed by atoms with Crippen LogP contribution in [-0.4, -0.2) is 23.4 Å². The number of aryl methyl sites for hydroxylation is 1. The number of aromatic nitrogens is 1. The summed E-state index contributed by atoms with van der Waals surface area (Å²) in [6, 6.07) is 11.7. The van der Waals surface area contributed by atoms with Gasteiger partial charge in [0.1, 0.15) is 10.8 Å². The SMILES string of the molecule is CCc1cc2cc3c(cc2nc1SCC(=O)Nc1cccc(F)c1)OCO3. The Labute approximate surface area is 159 Å². The molecule has 0 aliphatic carbocycles. The number of hydrogen-bond donors (Lipinski definition) is 1. The van der Waals surface area contributed by atoms with Crippen molar-refractivity contribution in [2.24, 2.45) is 0 Å². The van der Waals surface area contributed by atoms with Crippen molar-refractivity contribution in [3.05, 3.63) is 53.8 Å². The molecule has 2 aromatic carbocycles. The number of anilines is 1. The molecule has 0 bridgehead atoms. The first-order chi connectivity index (χ1) is 13.1. The van der Waals surface area contributed by atoms with Gasteiger partial charge in [-0.1, -0.05) is 24.8 Å². The number of hydrogen-bond acceptors (Lipinski definition) is 5. The average Bonchev–Trinajstić information content (AvgIpc) is 3.11. The fourth-order valence-corrected chi connectivity index (χ4v) is 3.76. The van der Waals surface area contributed by atoms with Crippen LogP contribution in [0, 0.1) is 5.82 Å². The number of ether oxygens (including phenoxy) is 2. The molecule has 2 heterocycles. The van der Waals surface area contributed by atoms with Crippen LogP contribution in [0.1, 0.15) is 12.5 Å². The van der Waals surface area contributed by atoms with Crippen LogP contribution in [0.5, 0.6) is 11.5 Å².